The average molecular weight is 1170 g/mol. The van der Waals surface area contributed by atoms with Gasteiger partial charge in [0.25, 0.3) is 0 Å². The Morgan fingerprint density at radius 2 is 0.756 bits per heavy atom. The number of carbonyl (C=O) groups excluding carboxylic acids is 1. The van der Waals surface area contributed by atoms with Gasteiger partial charge in [-0.2, -0.15) is 0 Å². The van der Waals surface area contributed by atoms with Gasteiger partial charge in [-0.25, -0.2) is 0 Å². The van der Waals surface area contributed by atoms with Crippen LogP contribution >= 0.6 is 0 Å². The maximum atomic E-state index is 13.3. The van der Waals surface area contributed by atoms with E-state index in [0.29, 0.717) is 6.42 Å². The predicted molar refractivity (Wildman–Crippen MR) is 332 cm³/mol. The third-order valence-electron chi connectivity index (χ3n) is 17.5. The van der Waals surface area contributed by atoms with Crippen LogP contribution in [-0.4, -0.2) is 140 Å². The number of aliphatic hydroxyl groups excluding tert-OH is 8. The minimum absolute atomic E-state index is 0.232. The van der Waals surface area contributed by atoms with E-state index >= 15 is 0 Å². The first kappa shape index (κ1) is 76.8. The Balaban J connectivity index is 1.62. The van der Waals surface area contributed by atoms with Crippen molar-refractivity contribution in [3.8, 4) is 0 Å². The van der Waals surface area contributed by atoms with Gasteiger partial charge in [-0.3, -0.25) is 4.79 Å². The van der Waals surface area contributed by atoms with E-state index in [1.807, 2.05) is 6.08 Å². The molecule has 14 heteroatoms. The fourth-order valence-corrected chi connectivity index (χ4v) is 11.9. The summed E-state index contributed by atoms with van der Waals surface area (Å²) < 4.78 is 22.8. The van der Waals surface area contributed by atoms with Gasteiger partial charge in [0.05, 0.1) is 32.0 Å². The largest absolute Gasteiger partial charge is 0.394 e. The van der Waals surface area contributed by atoms with E-state index in [9.17, 15) is 45.6 Å². The molecule has 1 amide bonds. The Bertz CT molecular complexity index is 1420. The molecule has 12 unspecified atom stereocenters. The Hall–Kier alpha value is -1.27. The van der Waals surface area contributed by atoms with Crippen LogP contribution < -0.4 is 5.32 Å². The number of ether oxygens (including phenoxy) is 4. The van der Waals surface area contributed by atoms with Crippen molar-refractivity contribution < 1.29 is 64.6 Å². The first-order valence-corrected chi connectivity index (χ1v) is 34.9. The van der Waals surface area contributed by atoms with E-state index in [0.717, 1.165) is 38.5 Å². The molecule has 2 heterocycles. The van der Waals surface area contributed by atoms with Gasteiger partial charge >= 0.3 is 0 Å². The number of hydrogen-bond donors (Lipinski definition) is 9. The third-order valence-corrected chi connectivity index (χ3v) is 17.5. The second-order valence-corrected chi connectivity index (χ2v) is 25.0. The molecule has 0 aromatic rings. The second kappa shape index (κ2) is 53.9. The number of unbranched alkanes of at least 4 members (excludes halogenated alkanes) is 45. The molecule has 82 heavy (non-hydrogen) atoms. The lowest BCUT2D eigenvalue weighted by Crippen LogP contribution is -2.65. The van der Waals surface area contributed by atoms with Crippen LogP contribution in [0.3, 0.4) is 0 Å². The minimum Gasteiger partial charge on any atom is -0.394 e. The molecule has 9 N–H and O–H groups in total. The van der Waals surface area contributed by atoms with Crippen LogP contribution in [0.15, 0.2) is 12.2 Å². The Morgan fingerprint density at radius 1 is 0.427 bits per heavy atom. The van der Waals surface area contributed by atoms with Crippen molar-refractivity contribution >= 4 is 5.91 Å². The molecule has 486 valence electrons. The zero-order valence-corrected chi connectivity index (χ0v) is 52.8. The number of hydrogen-bond acceptors (Lipinski definition) is 13. The molecule has 0 spiro atoms. The van der Waals surface area contributed by atoms with Crippen molar-refractivity contribution in [2.24, 2.45) is 0 Å². The fraction of sp³-hybridized carbons (Fsp3) is 0.956. The summed E-state index contributed by atoms with van der Waals surface area (Å²) in [6, 6.07) is -0.910. The number of nitrogens with one attached hydrogen (secondary N) is 1. The number of aliphatic hydroxyl groups is 8. The fourth-order valence-electron chi connectivity index (χ4n) is 11.9. The van der Waals surface area contributed by atoms with E-state index < -0.39 is 86.8 Å². The Kier molecular flexibility index (Phi) is 50.5. The highest BCUT2D eigenvalue weighted by molar-refractivity contribution is 5.76. The van der Waals surface area contributed by atoms with Crippen LogP contribution in [0.1, 0.15) is 322 Å². The number of amides is 1. The predicted octanol–water partition coefficient (Wildman–Crippen LogP) is 13.8. The monoisotopic (exact) mass is 1170 g/mol. The standard InChI is InChI=1S/C68H131NO13/c1-3-5-7-9-11-13-15-17-19-21-22-23-24-25-26-27-28-29-30-31-32-33-34-35-36-38-40-42-44-46-48-50-52-60(73)69-56(57(72)51-49-47-45-43-41-39-37-20-18-16-14-12-10-8-6-4-2)55-79-67-65(78)63(76)66(59(54-71)81-67)82-68-64(77)62(75)61(74)58(53-70)80-68/h49,51,56-59,61-68,70-72,74-78H,3-48,50,52-55H2,1-2H3,(H,69,73)/b51-49+. The summed E-state index contributed by atoms with van der Waals surface area (Å²) in [7, 11) is 0. The third kappa shape index (κ3) is 38.1. The molecule has 14 nitrogen and oxygen atoms in total. The second-order valence-electron chi connectivity index (χ2n) is 25.0. The van der Waals surface area contributed by atoms with Gasteiger partial charge in [0, 0.05) is 6.42 Å². The summed E-state index contributed by atoms with van der Waals surface area (Å²) in [6.45, 7) is 2.85. The minimum atomic E-state index is -1.79. The molecular formula is C68H131NO13. The Labute approximate surface area is 501 Å². The smallest absolute Gasteiger partial charge is 0.220 e. The van der Waals surface area contributed by atoms with Crippen LogP contribution in [0.2, 0.25) is 0 Å². The molecule has 2 aliphatic heterocycles. The lowest BCUT2D eigenvalue weighted by Gasteiger charge is -2.46. The highest BCUT2D eigenvalue weighted by Crippen LogP contribution is 2.30. The maximum absolute atomic E-state index is 13.3. The SMILES string of the molecule is CCCCCCCCCCCCCCCC/C=C/C(O)C(COC1OC(CO)C(OC2OC(CO)C(O)C(O)C2O)C(O)C1O)NC(=O)CCCCCCCCCCCCCCCCCCCCCCCCCCCCCCCCCC. The molecule has 0 bridgehead atoms. The lowest BCUT2D eigenvalue weighted by atomic mass is 9.97. The van der Waals surface area contributed by atoms with Gasteiger partial charge in [-0.05, 0) is 19.3 Å². The summed E-state index contributed by atoms with van der Waals surface area (Å²) in [6.07, 6.45) is 48.5. The van der Waals surface area contributed by atoms with Crippen molar-refractivity contribution in [3.63, 3.8) is 0 Å². The average Bonchev–Trinajstić information content (AvgIpc) is 3.52. The molecule has 0 aliphatic carbocycles. The number of allylic oxidation sites excluding steroid dienone is 1. The molecule has 0 aromatic carbocycles. The summed E-state index contributed by atoms with van der Waals surface area (Å²) in [5.41, 5.74) is 0. The van der Waals surface area contributed by atoms with Crippen LogP contribution in [0.5, 0.6) is 0 Å². The molecule has 0 saturated carbocycles. The molecule has 2 fully saturated rings. The topological polar surface area (TPSA) is 228 Å². The first-order chi connectivity index (χ1) is 40.1. The zero-order valence-electron chi connectivity index (χ0n) is 52.8. The normalized spacial score (nSPS) is 23.9. The molecule has 2 rings (SSSR count). The number of rotatable bonds is 58. The molecule has 2 aliphatic rings. The van der Waals surface area contributed by atoms with Gasteiger partial charge in [-0.15, -0.1) is 0 Å². The molecular weight excluding hydrogens is 1040 g/mol. The quantitative estimate of drug-likeness (QED) is 0.0204. The highest BCUT2D eigenvalue weighted by Gasteiger charge is 2.51. The lowest BCUT2D eigenvalue weighted by molar-refractivity contribution is -0.359. The summed E-state index contributed by atoms with van der Waals surface area (Å²) >= 11 is 0. The molecule has 12 atom stereocenters. The van der Waals surface area contributed by atoms with Crippen LogP contribution in [0.25, 0.3) is 0 Å². The maximum Gasteiger partial charge on any atom is 0.220 e. The van der Waals surface area contributed by atoms with E-state index in [4.69, 9.17) is 18.9 Å². The van der Waals surface area contributed by atoms with Crippen LogP contribution in [0, 0.1) is 0 Å². The molecule has 0 radical (unpaired) electrons. The van der Waals surface area contributed by atoms with Crippen molar-refractivity contribution in [1.29, 1.82) is 0 Å². The van der Waals surface area contributed by atoms with Crippen molar-refractivity contribution in [1.82, 2.24) is 5.32 Å². The van der Waals surface area contributed by atoms with Crippen molar-refractivity contribution in [3.05, 3.63) is 12.2 Å². The van der Waals surface area contributed by atoms with Crippen LogP contribution in [0.4, 0.5) is 0 Å². The van der Waals surface area contributed by atoms with Crippen molar-refractivity contribution in [2.75, 3.05) is 19.8 Å². The van der Waals surface area contributed by atoms with Gasteiger partial charge in [0.2, 0.25) is 5.91 Å². The summed E-state index contributed by atoms with van der Waals surface area (Å²) in [5, 5.41) is 87.3. The molecule has 2 saturated heterocycles. The van der Waals surface area contributed by atoms with Crippen LogP contribution in [-0.2, 0) is 23.7 Å². The van der Waals surface area contributed by atoms with Gasteiger partial charge in [0.15, 0.2) is 12.6 Å². The number of carbonyl (C=O) groups is 1. The van der Waals surface area contributed by atoms with E-state index in [2.05, 4.69) is 19.2 Å². The van der Waals surface area contributed by atoms with E-state index in [-0.39, 0.29) is 18.9 Å². The van der Waals surface area contributed by atoms with E-state index in [1.165, 1.54) is 257 Å². The summed E-state index contributed by atoms with van der Waals surface area (Å²) in [5.74, 6) is -0.232. The zero-order chi connectivity index (χ0) is 59.5. The molecule has 0 aromatic heterocycles. The van der Waals surface area contributed by atoms with Gasteiger partial charge in [0.1, 0.15) is 48.8 Å². The van der Waals surface area contributed by atoms with Gasteiger partial charge in [-0.1, -0.05) is 309 Å². The van der Waals surface area contributed by atoms with Gasteiger partial charge < -0.3 is 65.1 Å². The van der Waals surface area contributed by atoms with E-state index in [1.54, 1.807) is 6.08 Å². The van der Waals surface area contributed by atoms with Crippen molar-refractivity contribution in [2.45, 2.75) is 396 Å². The first-order valence-electron chi connectivity index (χ1n) is 34.9. The Morgan fingerprint density at radius 3 is 1.12 bits per heavy atom. The summed E-state index contributed by atoms with van der Waals surface area (Å²) in [4.78, 5) is 13.3. The highest BCUT2D eigenvalue weighted by atomic mass is 16.7.